The van der Waals surface area contributed by atoms with Crippen molar-refractivity contribution >= 4 is 23.5 Å². The zero-order valence-corrected chi connectivity index (χ0v) is 11.2. The van der Waals surface area contributed by atoms with Crippen molar-refractivity contribution in [3.63, 3.8) is 0 Å². The molecule has 1 heterocycles. The molecule has 98 valence electrons. The Bertz CT molecular complexity index is 370. The summed E-state index contributed by atoms with van der Waals surface area (Å²) in [5, 5.41) is 7.55. The minimum Gasteiger partial charge on any atom is -0.382 e. The minimum absolute atomic E-state index is 0.506. The van der Waals surface area contributed by atoms with Crippen LogP contribution in [0, 0.1) is 0 Å². The van der Waals surface area contributed by atoms with Crippen molar-refractivity contribution in [3.8, 4) is 0 Å². The molecular formula is C12H18N4OS. The highest BCUT2D eigenvalue weighted by Gasteiger charge is 1.92. The van der Waals surface area contributed by atoms with Crippen LogP contribution in [0.4, 0.5) is 0 Å². The Morgan fingerprint density at radius 3 is 3.22 bits per heavy atom. The molecule has 0 radical (unpaired) electrons. The van der Waals surface area contributed by atoms with Crippen LogP contribution in [0.2, 0.25) is 0 Å². The third kappa shape index (κ3) is 6.93. The Labute approximate surface area is 113 Å². The summed E-state index contributed by atoms with van der Waals surface area (Å²) in [5.41, 5.74) is 3.66. The zero-order chi connectivity index (χ0) is 13.1. The number of pyridine rings is 1. The fourth-order valence-electron chi connectivity index (χ4n) is 1.18. The van der Waals surface area contributed by atoms with Crippen LogP contribution in [-0.2, 0) is 4.74 Å². The van der Waals surface area contributed by atoms with Gasteiger partial charge in [0.15, 0.2) is 5.11 Å². The van der Waals surface area contributed by atoms with E-state index < -0.39 is 0 Å². The normalized spacial score (nSPS) is 10.5. The van der Waals surface area contributed by atoms with E-state index in [2.05, 4.69) is 20.8 Å². The van der Waals surface area contributed by atoms with Gasteiger partial charge in [-0.25, -0.2) is 0 Å². The van der Waals surface area contributed by atoms with Gasteiger partial charge in [0.05, 0.1) is 6.21 Å². The molecule has 0 spiro atoms. The molecule has 0 fully saturated rings. The molecule has 0 saturated carbocycles. The van der Waals surface area contributed by atoms with Crippen LogP contribution in [0.5, 0.6) is 0 Å². The summed E-state index contributed by atoms with van der Waals surface area (Å²) in [6.45, 7) is 4.24. The van der Waals surface area contributed by atoms with Gasteiger partial charge < -0.3 is 10.1 Å². The van der Waals surface area contributed by atoms with E-state index in [1.54, 1.807) is 18.6 Å². The van der Waals surface area contributed by atoms with Crippen molar-refractivity contribution in [1.29, 1.82) is 0 Å². The summed E-state index contributed by atoms with van der Waals surface area (Å²) in [7, 11) is 0. The second kappa shape index (κ2) is 9.49. The lowest BCUT2D eigenvalue weighted by atomic mass is 10.3. The van der Waals surface area contributed by atoms with Gasteiger partial charge in [-0.1, -0.05) is 6.07 Å². The van der Waals surface area contributed by atoms with Crippen LogP contribution in [0.15, 0.2) is 29.6 Å². The van der Waals surface area contributed by atoms with Crippen LogP contribution in [0.3, 0.4) is 0 Å². The fraction of sp³-hybridized carbons (Fsp3) is 0.417. The second-order valence-corrected chi connectivity index (χ2v) is 3.87. The molecule has 0 amide bonds. The smallest absolute Gasteiger partial charge is 0.186 e. The number of rotatable bonds is 7. The molecule has 1 aromatic rings. The van der Waals surface area contributed by atoms with Gasteiger partial charge in [-0.05, 0) is 31.6 Å². The highest BCUT2D eigenvalue weighted by molar-refractivity contribution is 7.80. The summed E-state index contributed by atoms with van der Waals surface area (Å²) in [4.78, 5) is 3.98. The molecule has 6 heteroatoms. The Morgan fingerprint density at radius 2 is 2.50 bits per heavy atom. The lowest BCUT2D eigenvalue weighted by Crippen LogP contribution is -2.33. The summed E-state index contributed by atoms with van der Waals surface area (Å²) < 4.78 is 5.21. The second-order valence-electron chi connectivity index (χ2n) is 3.46. The fourth-order valence-corrected chi connectivity index (χ4v) is 1.33. The SMILES string of the molecule is CCOCCCNC(=S)N/N=C\c1cccnc1. The molecule has 0 atom stereocenters. The van der Waals surface area contributed by atoms with Crippen LogP contribution in [-0.4, -0.2) is 36.1 Å². The average Bonchev–Trinajstić information content (AvgIpc) is 2.40. The summed E-state index contributed by atoms with van der Waals surface area (Å²) in [6, 6.07) is 3.77. The quantitative estimate of drug-likeness (QED) is 0.337. The van der Waals surface area contributed by atoms with E-state index in [-0.39, 0.29) is 0 Å². The highest BCUT2D eigenvalue weighted by atomic mass is 32.1. The largest absolute Gasteiger partial charge is 0.382 e. The number of thiocarbonyl (C=S) groups is 1. The average molecular weight is 266 g/mol. The third-order valence-corrected chi connectivity index (χ3v) is 2.25. The maximum absolute atomic E-state index is 5.21. The first-order valence-corrected chi connectivity index (χ1v) is 6.28. The van der Waals surface area contributed by atoms with Gasteiger partial charge in [0.2, 0.25) is 0 Å². The topological polar surface area (TPSA) is 58.5 Å². The number of hydrogen-bond acceptors (Lipinski definition) is 4. The molecule has 0 aliphatic carbocycles. The third-order valence-electron chi connectivity index (χ3n) is 2.02. The van der Waals surface area contributed by atoms with Gasteiger partial charge in [0.1, 0.15) is 0 Å². The van der Waals surface area contributed by atoms with E-state index in [0.29, 0.717) is 5.11 Å². The first kappa shape index (κ1) is 14.5. The Hall–Kier alpha value is -1.53. The first-order valence-electron chi connectivity index (χ1n) is 5.87. The molecule has 0 bridgehead atoms. The Kier molecular flexibility index (Phi) is 7.66. The molecular weight excluding hydrogens is 248 g/mol. The van der Waals surface area contributed by atoms with Crippen molar-refractivity contribution in [2.24, 2.45) is 5.10 Å². The van der Waals surface area contributed by atoms with Crippen molar-refractivity contribution < 1.29 is 4.74 Å². The lowest BCUT2D eigenvalue weighted by molar-refractivity contribution is 0.145. The van der Waals surface area contributed by atoms with E-state index >= 15 is 0 Å². The molecule has 5 nitrogen and oxygen atoms in total. The summed E-state index contributed by atoms with van der Waals surface area (Å²) >= 11 is 5.05. The molecule has 0 aromatic carbocycles. The predicted octanol–water partition coefficient (Wildman–Crippen LogP) is 1.31. The number of nitrogens with one attached hydrogen (secondary N) is 2. The predicted molar refractivity (Wildman–Crippen MR) is 76.7 cm³/mol. The van der Waals surface area contributed by atoms with Gasteiger partial charge in [0, 0.05) is 37.7 Å². The standard InChI is InChI=1S/C12H18N4OS/c1-2-17-8-4-7-14-12(18)16-15-10-11-5-3-6-13-9-11/h3,5-6,9-10H,2,4,7-8H2,1H3,(H2,14,16,18)/b15-10-. The van der Waals surface area contributed by atoms with Crippen LogP contribution >= 0.6 is 12.2 Å². The molecule has 2 N–H and O–H groups in total. The van der Waals surface area contributed by atoms with Gasteiger partial charge in [-0.2, -0.15) is 5.10 Å². The highest BCUT2D eigenvalue weighted by Crippen LogP contribution is 1.89. The minimum atomic E-state index is 0.506. The molecule has 0 unspecified atom stereocenters. The van der Waals surface area contributed by atoms with E-state index in [9.17, 15) is 0 Å². The number of hydrogen-bond donors (Lipinski definition) is 2. The van der Waals surface area contributed by atoms with Gasteiger partial charge in [-0.3, -0.25) is 10.4 Å². The number of nitrogens with zero attached hydrogens (tertiary/aromatic N) is 2. The van der Waals surface area contributed by atoms with Crippen molar-refractivity contribution in [3.05, 3.63) is 30.1 Å². The van der Waals surface area contributed by atoms with Crippen molar-refractivity contribution in [2.45, 2.75) is 13.3 Å². The molecule has 18 heavy (non-hydrogen) atoms. The molecule has 0 aliphatic rings. The van der Waals surface area contributed by atoms with Crippen LogP contribution < -0.4 is 10.7 Å². The number of ether oxygens (including phenoxy) is 1. The molecule has 1 rings (SSSR count). The lowest BCUT2D eigenvalue weighted by Gasteiger charge is -2.06. The maximum Gasteiger partial charge on any atom is 0.186 e. The van der Waals surface area contributed by atoms with Gasteiger partial charge >= 0.3 is 0 Å². The van der Waals surface area contributed by atoms with E-state index in [1.165, 1.54) is 0 Å². The summed E-state index contributed by atoms with van der Waals surface area (Å²) in [5.74, 6) is 0. The van der Waals surface area contributed by atoms with Crippen LogP contribution in [0.1, 0.15) is 18.9 Å². The zero-order valence-electron chi connectivity index (χ0n) is 10.4. The first-order chi connectivity index (χ1) is 8.83. The van der Waals surface area contributed by atoms with E-state index in [4.69, 9.17) is 17.0 Å². The van der Waals surface area contributed by atoms with Crippen molar-refractivity contribution in [2.75, 3.05) is 19.8 Å². The van der Waals surface area contributed by atoms with E-state index in [0.717, 1.165) is 31.7 Å². The number of aromatic nitrogens is 1. The van der Waals surface area contributed by atoms with Gasteiger partial charge in [0.25, 0.3) is 0 Å². The Morgan fingerprint density at radius 1 is 1.61 bits per heavy atom. The molecule has 0 saturated heterocycles. The van der Waals surface area contributed by atoms with Crippen molar-refractivity contribution in [1.82, 2.24) is 15.7 Å². The monoisotopic (exact) mass is 266 g/mol. The number of hydrazone groups is 1. The molecule has 1 aromatic heterocycles. The summed E-state index contributed by atoms with van der Waals surface area (Å²) in [6.07, 6.45) is 6.03. The maximum atomic E-state index is 5.21. The van der Waals surface area contributed by atoms with Crippen LogP contribution in [0.25, 0.3) is 0 Å². The van der Waals surface area contributed by atoms with Gasteiger partial charge in [-0.15, -0.1) is 0 Å². The van der Waals surface area contributed by atoms with E-state index in [1.807, 2.05) is 19.1 Å². The molecule has 0 aliphatic heterocycles. The Balaban J connectivity index is 2.11.